The summed E-state index contributed by atoms with van der Waals surface area (Å²) in [5.41, 5.74) is 2.70. The van der Waals surface area contributed by atoms with E-state index in [1.807, 2.05) is 36.4 Å². The summed E-state index contributed by atoms with van der Waals surface area (Å²) in [5, 5.41) is 2.05. The third kappa shape index (κ3) is 7.40. The molecule has 0 spiro atoms. The second-order valence-corrected chi connectivity index (χ2v) is 21.3. The molecule has 0 radical (unpaired) electrons. The van der Waals surface area contributed by atoms with E-state index in [-0.39, 0.29) is 28.5 Å². The third-order valence-corrected chi connectivity index (χ3v) is 13.9. The lowest BCUT2D eigenvalue weighted by atomic mass is 9.79. The van der Waals surface area contributed by atoms with Crippen LogP contribution in [0.5, 0.6) is 34.5 Å². The number of methoxy groups -OCH3 is 2. The number of hydrogen-bond donors (Lipinski definition) is 0. The lowest BCUT2D eigenvalue weighted by molar-refractivity contribution is 0.171. The maximum absolute atomic E-state index is 17.1. The van der Waals surface area contributed by atoms with E-state index >= 15 is 4.57 Å². The van der Waals surface area contributed by atoms with Gasteiger partial charge in [0.1, 0.15) is 17.2 Å². The van der Waals surface area contributed by atoms with Crippen molar-refractivity contribution >= 4 is 45.6 Å². The van der Waals surface area contributed by atoms with Gasteiger partial charge in [0.15, 0.2) is 18.6 Å². The summed E-state index contributed by atoms with van der Waals surface area (Å²) in [4.78, 5) is 0. The SMILES string of the molecule is COc1c(C(C)(C)C)cc(P(=O)(c2cc(C(C)(C)C)c(OC)c(C(C)(C)C)c2)c2cc(Oc3ccccc3)c3c(c2I)OCO3)cc1C(C)(C)C. The van der Waals surface area contributed by atoms with Crippen molar-refractivity contribution in [3.63, 3.8) is 0 Å². The first kappa shape index (κ1) is 39.1. The highest BCUT2D eigenvalue weighted by atomic mass is 127. The van der Waals surface area contributed by atoms with Crippen LogP contribution in [-0.4, -0.2) is 21.0 Å². The van der Waals surface area contributed by atoms with Crippen LogP contribution >= 0.6 is 29.7 Å². The molecule has 51 heavy (non-hydrogen) atoms. The molecule has 0 N–H and O–H groups in total. The summed E-state index contributed by atoms with van der Waals surface area (Å²) in [6.45, 7) is 26.1. The third-order valence-electron chi connectivity index (χ3n) is 9.35. The van der Waals surface area contributed by atoms with Crippen LogP contribution in [0.4, 0.5) is 0 Å². The molecule has 8 heteroatoms. The van der Waals surface area contributed by atoms with Crippen molar-refractivity contribution in [2.24, 2.45) is 0 Å². The molecule has 4 aromatic rings. The first-order valence-electron chi connectivity index (χ1n) is 17.5. The van der Waals surface area contributed by atoms with E-state index in [2.05, 4.69) is 130 Å². The zero-order chi connectivity index (χ0) is 37.9. The van der Waals surface area contributed by atoms with Crippen molar-refractivity contribution in [1.82, 2.24) is 0 Å². The molecule has 4 aromatic carbocycles. The van der Waals surface area contributed by atoms with Crippen LogP contribution in [0.3, 0.4) is 0 Å². The molecular weight excluding hydrogens is 770 g/mol. The molecule has 1 heterocycles. The van der Waals surface area contributed by atoms with Gasteiger partial charge in [-0.05, 0) is 86.7 Å². The van der Waals surface area contributed by atoms with Crippen molar-refractivity contribution in [3.05, 3.63) is 86.5 Å². The van der Waals surface area contributed by atoms with E-state index in [0.717, 1.165) is 37.3 Å². The summed E-state index contributed by atoms with van der Waals surface area (Å²) < 4.78 is 48.8. The maximum Gasteiger partial charge on any atom is 0.231 e. The fraction of sp³-hybridized carbons (Fsp3) is 0.442. The number of hydrogen-bond acceptors (Lipinski definition) is 6. The molecule has 0 saturated heterocycles. The molecule has 1 aliphatic rings. The van der Waals surface area contributed by atoms with E-state index < -0.39 is 7.14 Å². The fourth-order valence-corrected chi connectivity index (χ4v) is 11.0. The highest BCUT2D eigenvalue weighted by Gasteiger charge is 2.42. The smallest absolute Gasteiger partial charge is 0.231 e. The number of para-hydroxylation sites is 1. The predicted molar refractivity (Wildman–Crippen MR) is 219 cm³/mol. The summed E-state index contributed by atoms with van der Waals surface area (Å²) >= 11 is 2.28. The molecule has 0 atom stereocenters. The van der Waals surface area contributed by atoms with Crippen molar-refractivity contribution in [2.75, 3.05) is 21.0 Å². The topological polar surface area (TPSA) is 63.2 Å². The van der Waals surface area contributed by atoms with E-state index in [9.17, 15) is 0 Å². The summed E-state index contributed by atoms with van der Waals surface area (Å²) in [5.74, 6) is 3.75. The number of fused-ring (bicyclic) bond motifs is 1. The molecule has 0 fully saturated rings. The average molecular weight is 825 g/mol. The quantitative estimate of drug-likeness (QED) is 0.137. The first-order chi connectivity index (χ1) is 23.5. The zero-order valence-corrected chi connectivity index (χ0v) is 35.8. The lowest BCUT2D eigenvalue weighted by Gasteiger charge is -2.34. The van der Waals surface area contributed by atoms with Crippen molar-refractivity contribution < 1.29 is 28.2 Å². The van der Waals surface area contributed by atoms with E-state index in [0.29, 0.717) is 38.9 Å². The van der Waals surface area contributed by atoms with Gasteiger partial charge in [0.2, 0.25) is 12.5 Å². The summed E-state index contributed by atoms with van der Waals surface area (Å²) in [6.07, 6.45) is 0. The molecule has 0 aromatic heterocycles. The number of rotatable bonds is 7. The van der Waals surface area contributed by atoms with Gasteiger partial charge in [0.25, 0.3) is 0 Å². The van der Waals surface area contributed by atoms with Gasteiger partial charge in [-0.2, -0.15) is 0 Å². The van der Waals surface area contributed by atoms with E-state index in [4.69, 9.17) is 23.7 Å². The number of benzene rings is 4. The highest BCUT2D eigenvalue weighted by molar-refractivity contribution is 14.1. The minimum absolute atomic E-state index is 0.0417. The minimum Gasteiger partial charge on any atom is -0.496 e. The van der Waals surface area contributed by atoms with Crippen LogP contribution in [0.15, 0.2) is 60.7 Å². The molecular formula is C43H54IO6P. The molecule has 0 saturated carbocycles. The second kappa shape index (κ2) is 13.7. The van der Waals surface area contributed by atoms with E-state index in [1.165, 1.54) is 0 Å². The minimum atomic E-state index is -3.76. The molecule has 6 nitrogen and oxygen atoms in total. The molecule has 0 bridgehead atoms. The van der Waals surface area contributed by atoms with E-state index in [1.54, 1.807) is 14.2 Å². The second-order valence-electron chi connectivity index (χ2n) is 17.4. The Hall–Kier alpha value is -3.16. The Labute approximate surface area is 319 Å². The van der Waals surface area contributed by atoms with Crippen LogP contribution < -0.4 is 39.6 Å². The van der Waals surface area contributed by atoms with Gasteiger partial charge in [-0.3, -0.25) is 0 Å². The van der Waals surface area contributed by atoms with Crippen LogP contribution in [0.1, 0.15) is 105 Å². The van der Waals surface area contributed by atoms with Crippen LogP contribution in [0.2, 0.25) is 0 Å². The van der Waals surface area contributed by atoms with Gasteiger partial charge >= 0.3 is 0 Å². The highest BCUT2D eigenvalue weighted by Crippen LogP contribution is 2.55. The Kier molecular flexibility index (Phi) is 10.5. The van der Waals surface area contributed by atoms with Gasteiger partial charge in [-0.25, -0.2) is 0 Å². The molecule has 1 aliphatic heterocycles. The fourth-order valence-electron chi connectivity index (χ4n) is 6.60. The van der Waals surface area contributed by atoms with Gasteiger partial charge in [0, 0.05) is 38.2 Å². The Bertz CT molecular complexity index is 1830. The van der Waals surface area contributed by atoms with Crippen LogP contribution in [0, 0.1) is 3.57 Å². The Morgan fingerprint density at radius 1 is 0.608 bits per heavy atom. The van der Waals surface area contributed by atoms with Crippen molar-refractivity contribution in [2.45, 2.75) is 105 Å². The zero-order valence-electron chi connectivity index (χ0n) is 32.8. The molecule has 274 valence electrons. The largest absolute Gasteiger partial charge is 0.496 e. The lowest BCUT2D eigenvalue weighted by Crippen LogP contribution is -2.32. The number of ether oxygens (including phenoxy) is 5. The van der Waals surface area contributed by atoms with Gasteiger partial charge in [0.05, 0.1) is 17.8 Å². The Morgan fingerprint density at radius 3 is 1.37 bits per heavy atom. The maximum atomic E-state index is 17.1. The van der Waals surface area contributed by atoms with Gasteiger partial charge in [-0.15, -0.1) is 0 Å². The monoisotopic (exact) mass is 824 g/mol. The van der Waals surface area contributed by atoms with Crippen molar-refractivity contribution in [3.8, 4) is 34.5 Å². The first-order valence-corrected chi connectivity index (χ1v) is 20.2. The average Bonchev–Trinajstić information content (AvgIpc) is 3.54. The predicted octanol–water partition coefficient (Wildman–Crippen LogP) is 10.7. The standard InChI is InChI=1S/C43H54IO6P/c1-40(2,3)29-20-27(21-30(36(29)46-13)41(4,5)6)51(45,28-22-31(42(7,8)9)37(47-14)32(23-28)43(10,11)12)34-24-33(50-26-18-16-15-17-19-26)38-39(35(34)44)49-25-48-38/h15-24H,25H2,1-14H3. The molecule has 0 unspecified atom stereocenters. The summed E-state index contributed by atoms with van der Waals surface area (Å²) in [7, 11) is -0.311. The molecule has 5 rings (SSSR count). The van der Waals surface area contributed by atoms with Crippen molar-refractivity contribution in [1.29, 1.82) is 0 Å². The van der Waals surface area contributed by atoms with Crippen LogP contribution in [-0.2, 0) is 26.2 Å². The van der Waals surface area contributed by atoms with Gasteiger partial charge in [-0.1, -0.05) is 101 Å². The Balaban J connectivity index is 2.02. The normalized spacial score (nSPS) is 13.7. The Morgan fingerprint density at radius 2 is 1.00 bits per heavy atom. The van der Waals surface area contributed by atoms with Gasteiger partial charge < -0.3 is 28.2 Å². The molecule has 0 amide bonds. The molecule has 0 aliphatic carbocycles. The summed E-state index contributed by atoms with van der Waals surface area (Å²) in [6, 6.07) is 19.9. The van der Waals surface area contributed by atoms with Crippen LogP contribution in [0.25, 0.3) is 0 Å². The number of halogens is 1.